The van der Waals surface area contributed by atoms with E-state index in [1.165, 1.54) is 0 Å². The van der Waals surface area contributed by atoms with Gasteiger partial charge in [-0.05, 0) is 6.42 Å². The van der Waals surface area contributed by atoms with Crippen LogP contribution in [-0.4, -0.2) is 13.1 Å². The van der Waals surface area contributed by atoms with Crippen LogP contribution in [0.15, 0.2) is 0 Å². The van der Waals surface area contributed by atoms with Gasteiger partial charge in [-0.3, -0.25) is 0 Å². The van der Waals surface area contributed by atoms with Crippen molar-refractivity contribution in [3.05, 3.63) is 0 Å². The molecular formula is C5H10O2. The zero-order valence-corrected chi connectivity index (χ0v) is 4.52. The van der Waals surface area contributed by atoms with Gasteiger partial charge in [0.15, 0.2) is 0 Å². The van der Waals surface area contributed by atoms with Crippen LogP contribution in [0.1, 0.15) is 19.8 Å². The minimum atomic E-state index is 0.708. The summed E-state index contributed by atoms with van der Waals surface area (Å²) in [6.45, 7) is 3.98. The Bertz CT molecular complexity index is 35.1. The normalized spacial score (nSPS) is 5.86. The zero-order valence-electron chi connectivity index (χ0n) is 4.52. The fraction of sp³-hybridized carbons (Fsp3) is 0.600. The van der Waals surface area contributed by atoms with Gasteiger partial charge in [0.25, 0.3) is 0 Å². The molecule has 0 aromatic rings. The van der Waals surface area contributed by atoms with Crippen molar-refractivity contribution >= 4 is 13.1 Å². The molecule has 2 heteroatoms. The van der Waals surface area contributed by atoms with Gasteiger partial charge in [-0.25, -0.2) is 0 Å². The van der Waals surface area contributed by atoms with Crippen molar-refractivity contribution in [3.8, 4) is 0 Å². The number of unbranched alkanes of at least 4 members (excludes halogenated alkanes) is 1. The number of rotatable bonds is 2. The van der Waals surface area contributed by atoms with E-state index < -0.39 is 0 Å². The topological polar surface area (TPSA) is 34.1 Å². The Balaban J connectivity index is 0. The van der Waals surface area contributed by atoms with Crippen molar-refractivity contribution in [1.29, 1.82) is 0 Å². The van der Waals surface area contributed by atoms with Crippen molar-refractivity contribution in [1.82, 2.24) is 0 Å². The van der Waals surface area contributed by atoms with Gasteiger partial charge in [-0.2, -0.15) is 0 Å². The third kappa shape index (κ3) is 33.2. The van der Waals surface area contributed by atoms with E-state index in [1.54, 1.807) is 0 Å². The molecule has 0 rings (SSSR count). The Hall–Kier alpha value is -0.660. The molecule has 0 saturated carbocycles. The van der Waals surface area contributed by atoms with Crippen molar-refractivity contribution < 1.29 is 9.59 Å². The van der Waals surface area contributed by atoms with Crippen LogP contribution in [0.25, 0.3) is 0 Å². The van der Waals surface area contributed by atoms with E-state index in [1.807, 2.05) is 13.7 Å². The van der Waals surface area contributed by atoms with E-state index in [2.05, 4.69) is 0 Å². The lowest BCUT2D eigenvalue weighted by molar-refractivity contribution is -0.107. The van der Waals surface area contributed by atoms with Gasteiger partial charge in [0, 0.05) is 6.42 Å². The van der Waals surface area contributed by atoms with E-state index in [-0.39, 0.29) is 0 Å². The molecule has 0 aliphatic heterocycles. The van der Waals surface area contributed by atoms with E-state index >= 15 is 0 Å². The highest BCUT2D eigenvalue weighted by Crippen LogP contribution is 1.74. The number of hydrogen-bond donors (Lipinski definition) is 0. The highest BCUT2D eigenvalue weighted by Gasteiger charge is 1.66. The SMILES string of the molecule is C=O.CCCC=O. The predicted molar refractivity (Wildman–Crippen MR) is 28.1 cm³/mol. The molecule has 0 radical (unpaired) electrons. The maximum atomic E-state index is 9.40. The van der Waals surface area contributed by atoms with Crippen LogP contribution in [0.3, 0.4) is 0 Å². The fourth-order valence-electron chi connectivity index (χ4n) is 0.118. The van der Waals surface area contributed by atoms with Gasteiger partial charge in [0.1, 0.15) is 13.1 Å². The smallest absolute Gasteiger partial charge is 0.119 e. The summed E-state index contributed by atoms with van der Waals surface area (Å²) < 4.78 is 0. The lowest BCUT2D eigenvalue weighted by atomic mass is 10.4. The predicted octanol–water partition coefficient (Wildman–Crippen LogP) is 0.800. The number of carbonyl (C=O) groups is 2. The lowest BCUT2D eigenvalue weighted by Gasteiger charge is -1.68. The van der Waals surface area contributed by atoms with Crippen molar-refractivity contribution in [2.24, 2.45) is 0 Å². The van der Waals surface area contributed by atoms with Gasteiger partial charge in [-0.1, -0.05) is 6.92 Å². The summed E-state index contributed by atoms with van der Waals surface area (Å²) in [5.74, 6) is 0. The minimum absolute atomic E-state index is 0.708. The van der Waals surface area contributed by atoms with Crippen LogP contribution >= 0.6 is 0 Å². The summed E-state index contributed by atoms with van der Waals surface area (Å²) in [6, 6.07) is 0. The fourth-order valence-corrected chi connectivity index (χ4v) is 0.118. The van der Waals surface area contributed by atoms with E-state index in [0.717, 1.165) is 12.7 Å². The lowest BCUT2D eigenvalue weighted by Crippen LogP contribution is -1.64. The molecule has 0 aromatic heterocycles. The number of carbonyl (C=O) groups excluding carboxylic acids is 2. The summed E-state index contributed by atoms with van der Waals surface area (Å²) in [4.78, 5) is 17.4. The molecule has 42 valence electrons. The molecule has 0 unspecified atom stereocenters. The first-order valence-corrected chi connectivity index (χ1v) is 2.14. The average Bonchev–Trinajstić information content (AvgIpc) is 1.75. The summed E-state index contributed by atoms with van der Waals surface area (Å²) >= 11 is 0. The third-order valence-electron chi connectivity index (χ3n) is 0.407. The van der Waals surface area contributed by atoms with Crippen LogP contribution in [0.5, 0.6) is 0 Å². The molecular weight excluding hydrogens is 92.1 g/mol. The van der Waals surface area contributed by atoms with E-state index in [9.17, 15) is 4.79 Å². The molecule has 0 amide bonds. The molecule has 0 bridgehead atoms. The first-order valence-electron chi connectivity index (χ1n) is 2.14. The molecule has 7 heavy (non-hydrogen) atoms. The summed E-state index contributed by atoms with van der Waals surface area (Å²) in [7, 11) is 0. The third-order valence-corrected chi connectivity index (χ3v) is 0.407. The minimum Gasteiger partial charge on any atom is -0.307 e. The summed E-state index contributed by atoms with van der Waals surface area (Å²) in [5, 5.41) is 0. The standard InChI is InChI=1S/C4H8O.CH2O/c1-2-3-4-5;1-2/h4H,2-3H2,1H3;1H2. The molecule has 0 aliphatic rings. The molecule has 0 spiro atoms. The van der Waals surface area contributed by atoms with Gasteiger partial charge < -0.3 is 9.59 Å². The van der Waals surface area contributed by atoms with Crippen molar-refractivity contribution in [2.45, 2.75) is 19.8 Å². The summed E-state index contributed by atoms with van der Waals surface area (Å²) in [6.07, 6.45) is 2.61. The molecule has 2 nitrogen and oxygen atoms in total. The van der Waals surface area contributed by atoms with Gasteiger partial charge >= 0.3 is 0 Å². The second-order valence-electron chi connectivity index (χ2n) is 0.955. The largest absolute Gasteiger partial charge is 0.307 e. The molecule has 0 N–H and O–H groups in total. The van der Waals surface area contributed by atoms with E-state index in [0.29, 0.717) is 6.42 Å². The summed E-state index contributed by atoms with van der Waals surface area (Å²) in [5.41, 5.74) is 0. The Labute approximate surface area is 43.5 Å². The Morgan fingerprint density at radius 3 is 2.00 bits per heavy atom. The average molecular weight is 102 g/mol. The zero-order chi connectivity index (χ0) is 6.12. The van der Waals surface area contributed by atoms with E-state index in [4.69, 9.17) is 4.79 Å². The van der Waals surface area contributed by atoms with Crippen LogP contribution < -0.4 is 0 Å². The number of aldehydes is 1. The molecule has 0 heterocycles. The molecule has 0 fully saturated rings. The quantitative estimate of drug-likeness (QED) is 0.483. The van der Waals surface area contributed by atoms with Crippen molar-refractivity contribution in [3.63, 3.8) is 0 Å². The first-order chi connectivity index (χ1) is 3.41. The molecule has 0 saturated heterocycles. The van der Waals surface area contributed by atoms with Gasteiger partial charge in [-0.15, -0.1) is 0 Å². The van der Waals surface area contributed by atoms with Crippen LogP contribution in [0.4, 0.5) is 0 Å². The highest BCUT2D eigenvalue weighted by atomic mass is 16.1. The van der Waals surface area contributed by atoms with Crippen LogP contribution in [0, 0.1) is 0 Å². The molecule has 0 aliphatic carbocycles. The second-order valence-corrected chi connectivity index (χ2v) is 0.955. The van der Waals surface area contributed by atoms with Crippen LogP contribution in [-0.2, 0) is 9.59 Å². The maximum absolute atomic E-state index is 9.40. The Kier molecular flexibility index (Phi) is 25.2. The first kappa shape index (κ1) is 9.60. The van der Waals surface area contributed by atoms with Crippen molar-refractivity contribution in [2.75, 3.05) is 0 Å². The van der Waals surface area contributed by atoms with Crippen LogP contribution in [0.2, 0.25) is 0 Å². The molecule has 0 atom stereocenters. The van der Waals surface area contributed by atoms with Gasteiger partial charge in [0.05, 0.1) is 0 Å². The molecule has 0 aromatic carbocycles. The number of hydrogen-bond acceptors (Lipinski definition) is 2. The monoisotopic (exact) mass is 102 g/mol. The Morgan fingerprint density at radius 2 is 2.00 bits per heavy atom. The highest BCUT2D eigenvalue weighted by molar-refractivity contribution is 5.48. The van der Waals surface area contributed by atoms with Gasteiger partial charge in [0.2, 0.25) is 0 Å². The second kappa shape index (κ2) is 18.4. The Morgan fingerprint density at radius 1 is 1.57 bits per heavy atom. The maximum Gasteiger partial charge on any atom is 0.119 e.